The van der Waals surface area contributed by atoms with Gasteiger partial charge in [0.2, 0.25) is 0 Å². The Labute approximate surface area is 121 Å². The Morgan fingerprint density at radius 2 is 1.63 bits per heavy atom. The van der Waals surface area contributed by atoms with E-state index in [2.05, 4.69) is 61.5 Å². The van der Waals surface area contributed by atoms with Gasteiger partial charge in [0.15, 0.2) is 0 Å². The molecule has 2 aromatic rings. The van der Waals surface area contributed by atoms with E-state index in [-0.39, 0.29) is 18.4 Å². The Morgan fingerprint density at radius 1 is 1.00 bits per heavy atom. The van der Waals surface area contributed by atoms with Gasteiger partial charge in [-0.15, -0.1) is 12.4 Å². The van der Waals surface area contributed by atoms with Crippen molar-refractivity contribution in [1.29, 1.82) is 0 Å². The van der Waals surface area contributed by atoms with Crippen molar-refractivity contribution in [2.24, 2.45) is 11.7 Å². The van der Waals surface area contributed by atoms with Gasteiger partial charge in [0.25, 0.3) is 0 Å². The van der Waals surface area contributed by atoms with Gasteiger partial charge in [0.1, 0.15) is 0 Å². The first-order chi connectivity index (χ1) is 8.77. The minimum Gasteiger partial charge on any atom is -0.324 e. The van der Waals surface area contributed by atoms with Crippen molar-refractivity contribution in [2.45, 2.75) is 25.3 Å². The number of halogens is 1. The molecule has 1 fully saturated rings. The zero-order valence-corrected chi connectivity index (χ0v) is 11.9. The molecule has 100 valence electrons. The first kappa shape index (κ1) is 14.1. The van der Waals surface area contributed by atoms with E-state index in [9.17, 15) is 0 Å². The molecule has 0 radical (unpaired) electrons. The molecule has 19 heavy (non-hydrogen) atoms. The molecule has 1 aliphatic carbocycles. The van der Waals surface area contributed by atoms with Crippen LogP contribution in [-0.4, -0.2) is 0 Å². The van der Waals surface area contributed by atoms with Crippen molar-refractivity contribution in [2.75, 3.05) is 0 Å². The van der Waals surface area contributed by atoms with Gasteiger partial charge in [-0.05, 0) is 41.9 Å². The molecule has 1 aliphatic rings. The molecule has 0 bridgehead atoms. The number of nitrogens with two attached hydrogens (primary N) is 1. The summed E-state index contributed by atoms with van der Waals surface area (Å²) in [6, 6.07) is 19.4. The lowest BCUT2D eigenvalue weighted by atomic mass is 9.96. The Hall–Kier alpha value is -1.31. The molecule has 2 N–H and O–H groups in total. The highest BCUT2D eigenvalue weighted by Gasteiger charge is 2.42. The summed E-state index contributed by atoms with van der Waals surface area (Å²) in [4.78, 5) is 0. The maximum atomic E-state index is 6.43. The highest BCUT2D eigenvalue weighted by atomic mass is 35.5. The van der Waals surface area contributed by atoms with Crippen LogP contribution in [0.5, 0.6) is 0 Å². The first-order valence-electron chi connectivity index (χ1n) is 6.63. The number of benzene rings is 2. The number of hydrogen-bond acceptors (Lipinski definition) is 1. The first-order valence-corrected chi connectivity index (χ1v) is 6.63. The minimum atomic E-state index is 0. The van der Waals surface area contributed by atoms with Gasteiger partial charge >= 0.3 is 0 Å². The lowest BCUT2D eigenvalue weighted by Gasteiger charge is -2.14. The molecule has 0 heterocycles. The number of hydrogen-bond donors (Lipinski definition) is 1. The van der Waals surface area contributed by atoms with Crippen LogP contribution in [-0.2, 0) is 0 Å². The van der Waals surface area contributed by atoms with Crippen molar-refractivity contribution in [1.82, 2.24) is 0 Å². The molecule has 0 aromatic heterocycles. The third-order valence-electron chi connectivity index (χ3n) is 4.08. The summed E-state index contributed by atoms with van der Waals surface area (Å²) in [5, 5.41) is 0. The zero-order chi connectivity index (χ0) is 12.5. The van der Waals surface area contributed by atoms with Crippen molar-refractivity contribution in [3.05, 3.63) is 71.3 Å². The Balaban J connectivity index is 0.00000133. The Kier molecular flexibility index (Phi) is 4.28. The van der Waals surface area contributed by atoms with E-state index in [0.29, 0.717) is 11.8 Å². The monoisotopic (exact) mass is 273 g/mol. The van der Waals surface area contributed by atoms with Gasteiger partial charge in [-0.3, -0.25) is 0 Å². The molecule has 3 atom stereocenters. The van der Waals surface area contributed by atoms with E-state index < -0.39 is 0 Å². The van der Waals surface area contributed by atoms with E-state index >= 15 is 0 Å². The smallest absolute Gasteiger partial charge is 0.0332 e. The Bertz CT molecular complexity index is 538. The van der Waals surface area contributed by atoms with Crippen LogP contribution in [0.2, 0.25) is 0 Å². The van der Waals surface area contributed by atoms with Crippen LogP contribution in [0.25, 0.3) is 0 Å². The van der Waals surface area contributed by atoms with Crippen LogP contribution in [0.3, 0.4) is 0 Å². The second kappa shape index (κ2) is 5.77. The normalized spacial score (nSPS) is 22.4. The van der Waals surface area contributed by atoms with Gasteiger partial charge < -0.3 is 5.73 Å². The van der Waals surface area contributed by atoms with Crippen molar-refractivity contribution < 1.29 is 0 Å². The Morgan fingerprint density at radius 3 is 2.32 bits per heavy atom. The SMILES string of the molecule is Cc1ccccc1C(N)C1CC1c1ccccc1.Cl. The van der Waals surface area contributed by atoms with Crippen LogP contribution >= 0.6 is 12.4 Å². The van der Waals surface area contributed by atoms with E-state index in [4.69, 9.17) is 5.73 Å². The minimum absolute atomic E-state index is 0. The van der Waals surface area contributed by atoms with Gasteiger partial charge in [-0.25, -0.2) is 0 Å². The molecule has 1 saturated carbocycles. The summed E-state index contributed by atoms with van der Waals surface area (Å²) in [6.45, 7) is 2.15. The highest BCUT2D eigenvalue weighted by Crippen LogP contribution is 2.53. The van der Waals surface area contributed by atoms with Crippen LogP contribution in [0.15, 0.2) is 54.6 Å². The fourth-order valence-corrected chi connectivity index (χ4v) is 2.89. The van der Waals surface area contributed by atoms with E-state index in [1.54, 1.807) is 0 Å². The number of aryl methyl sites for hydroxylation is 1. The van der Waals surface area contributed by atoms with Crippen molar-refractivity contribution in [3.63, 3.8) is 0 Å². The maximum Gasteiger partial charge on any atom is 0.0332 e. The van der Waals surface area contributed by atoms with Crippen LogP contribution in [0.4, 0.5) is 0 Å². The summed E-state index contributed by atoms with van der Waals surface area (Å²) in [5.74, 6) is 1.26. The van der Waals surface area contributed by atoms with Crippen LogP contribution in [0, 0.1) is 12.8 Å². The van der Waals surface area contributed by atoms with E-state index in [1.165, 1.54) is 23.1 Å². The lowest BCUT2D eigenvalue weighted by molar-refractivity contribution is 0.612. The van der Waals surface area contributed by atoms with Crippen molar-refractivity contribution >= 4 is 12.4 Å². The molecule has 3 rings (SSSR count). The molecule has 1 nitrogen and oxygen atoms in total. The molecule has 2 heteroatoms. The summed E-state index contributed by atoms with van der Waals surface area (Å²) >= 11 is 0. The summed E-state index contributed by atoms with van der Waals surface area (Å²) in [6.07, 6.45) is 1.22. The highest BCUT2D eigenvalue weighted by molar-refractivity contribution is 5.85. The lowest BCUT2D eigenvalue weighted by Crippen LogP contribution is -2.14. The second-order valence-corrected chi connectivity index (χ2v) is 5.30. The van der Waals surface area contributed by atoms with Gasteiger partial charge in [-0.2, -0.15) is 0 Å². The molecule has 0 aliphatic heterocycles. The number of rotatable bonds is 3. The average Bonchev–Trinajstić information content (AvgIpc) is 3.20. The molecule has 2 aromatic carbocycles. The third kappa shape index (κ3) is 2.83. The summed E-state index contributed by atoms with van der Waals surface area (Å²) in [5.41, 5.74) is 10.5. The maximum absolute atomic E-state index is 6.43. The second-order valence-electron chi connectivity index (χ2n) is 5.30. The molecule has 3 unspecified atom stereocenters. The van der Waals surface area contributed by atoms with Gasteiger partial charge in [0, 0.05) is 6.04 Å². The van der Waals surface area contributed by atoms with Gasteiger partial charge in [0.05, 0.1) is 0 Å². The quantitative estimate of drug-likeness (QED) is 0.890. The van der Waals surface area contributed by atoms with Gasteiger partial charge in [-0.1, -0.05) is 54.6 Å². The predicted molar refractivity (Wildman–Crippen MR) is 82.6 cm³/mol. The fourth-order valence-electron chi connectivity index (χ4n) is 2.89. The predicted octanol–water partition coefficient (Wildman–Crippen LogP) is 4.22. The summed E-state index contributed by atoms with van der Waals surface area (Å²) < 4.78 is 0. The van der Waals surface area contributed by atoms with Crippen LogP contribution in [0.1, 0.15) is 35.1 Å². The summed E-state index contributed by atoms with van der Waals surface area (Å²) in [7, 11) is 0. The molecular formula is C17H20ClN. The molecule has 0 amide bonds. The van der Waals surface area contributed by atoms with Crippen molar-refractivity contribution in [3.8, 4) is 0 Å². The third-order valence-corrected chi connectivity index (χ3v) is 4.08. The molecule has 0 saturated heterocycles. The standard InChI is InChI=1S/C17H19N.ClH/c1-12-7-5-6-10-14(12)17(18)16-11-15(16)13-8-3-2-4-9-13;/h2-10,15-17H,11,18H2,1H3;1H. The molecule has 0 spiro atoms. The average molecular weight is 274 g/mol. The van der Waals surface area contributed by atoms with Crippen LogP contribution < -0.4 is 5.73 Å². The topological polar surface area (TPSA) is 26.0 Å². The fraction of sp³-hybridized carbons (Fsp3) is 0.294. The van der Waals surface area contributed by atoms with E-state index in [1.807, 2.05) is 0 Å². The largest absolute Gasteiger partial charge is 0.324 e. The zero-order valence-electron chi connectivity index (χ0n) is 11.1. The van der Waals surface area contributed by atoms with E-state index in [0.717, 1.165) is 0 Å². The molecular weight excluding hydrogens is 254 g/mol.